The van der Waals surface area contributed by atoms with E-state index in [2.05, 4.69) is 16.8 Å². The summed E-state index contributed by atoms with van der Waals surface area (Å²) in [5.74, 6) is 0.0514. The summed E-state index contributed by atoms with van der Waals surface area (Å²) in [6.45, 7) is 7.33. The van der Waals surface area contributed by atoms with Gasteiger partial charge in [-0.25, -0.2) is 0 Å². The third-order valence-electron chi connectivity index (χ3n) is 2.79. The summed E-state index contributed by atoms with van der Waals surface area (Å²) in [7, 11) is 1.64. The molecule has 1 saturated heterocycles. The number of carbonyl (C=O) groups is 2. The number of nitrogens with one attached hydrogen (secondary N) is 1. The van der Waals surface area contributed by atoms with Gasteiger partial charge in [0.1, 0.15) is 0 Å². The molecule has 0 radical (unpaired) electrons. The number of halogens is 1. The van der Waals surface area contributed by atoms with Gasteiger partial charge in [0.25, 0.3) is 0 Å². The average Bonchev–Trinajstić information content (AvgIpc) is 2.35. The molecule has 1 heterocycles. The fourth-order valence-electron chi connectivity index (χ4n) is 1.71. The lowest BCUT2D eigenvalue weighted by molar-refractivity contribution is -0.128. The normalized spacial score (nSPS) is 15.9. The van der Waals surface area contributed by atoms with Crippen molar-refractivity contribution in [1.29, 1.82) is 0 Å². The maximum Gasteiger partial charge on any atom is 0.246 e. The van der Waals surface area contributed by atoms with Crippen molar-refractivity contribution in [2.75, 3.05) is 39.8 Å². The smallest absolute Gasteiger partial charge is 0.246 e. The third-order valence-corrected chi connectivity index (χ3v) is 2.79. The first-order valence-corrected chi connectivity index (χ1v) is 5.51. The Morgan fingerprint density at radius 2 is 1.88 bits per heavy atom. The number of piperazine rings is 1. The van der Waals surface area contributed by atoms with Crippen molar-refractivity contribution in [2.45, 2.75) is 6.42 Å². The molecule has 1 N–H and O–H groups in total. The van der Waals surface area contributed by atoms with Crippen LogP contribution in [0.1, 0.15) is 6.42 Å². The number of carbonyl (C=O) groups excluding carboxylic acids is 2. The van der Waals surface area contributed by atoms with E-state index in [9.17, 15) is 9.59 Å². The third kappa shape index (κ3) is 5.19. The Morgan fingerprint density at radius 3 is 2.35 bits per heavy atom. The molecule has 1 rings (SSSR count). The van der Waals surface area contributed by atoms with Crippen LogP contribution in [0.4, 0.5) is 0 Å². The van der Waals surface area contributed by atoms with E-state index in [1.165, 1.54) is 6.08 Å². The Kier molecular flexibility index (Phi) is 7.58. The average molecular weight is 262 g/mol. The molecule has 17 heavy (non-hydrogen) atoms. The zero-order valence-electron chi connectivity index (χ0n) is 10.1. The molecule has 0 spiro atoms. The second kappa shape index (κ2) is 8.08. The van der Waals surface area contributed by atoms with Crippen LogP contribution in [-0.4, -0.2) is 61.4 Å². The van der Waals surface area contributed by atoms with Crippen molar-refractivity contribution in [2.24, 2.45) is 0 Å². The summed E-state index contributed by atoms with van der Waals surface area (Å²) in [4.78, 5) is 26.3. The highest BCUT2D eigenvalue weighted by atomic mass is 35.5. The van der Waals surface area contributed by atoms with E-state index >= 15 is 0 Å². The number of nitrogens with zero attached hydrogens (tertiary/aromatic N) is 2. The molecule has 0 bridgehead atoms. The zero-order chi connectivity index (χ0) is 12.0. The monoisotopic (exact) mass is 261 g/mol. The van der Waals surface area contributed by atoms with Gasteiger partial charge in [-0.1, -0.05) is 6.58 Å². The van der Waals surface area contributed by atoms with Gasteiger partial charge in [-0.05, 0) is 6.08 Å². The summed E-state index contributed by atoms with van der Waals surface area (Å²) < 4.78 is 0. The maximum absolute atomic E-state index is 11.3. The largest absolute Gasteiger partial charge is 0.359 e. The second-order valence-corrected chi connectivity index (χ2v) is 3.79. The standard InChI is InChI=1S/C11H19N3O2.ClH/c1-3-11(16)14-8-6-13(7-9-14)5-4-10(15)12-2;/h3H,1,4-9H2,2H3,(H,12,15);1H. The van der Waals surface area contributed by atoms with Crippen molar-refractivity contribution < 1.29 is 9.59 Å². The van der Waals surface area contributed by atoms with Crippen LogP contribution in [0.15, 0.2) is 12.7 Å². The van der Waals surface area contributed by atoms with E-state index in [0.29, 0.717) is 6.42 Å². The highest BCUT2D eigenvalue weighted by molar-refractivity contribution is 5.87. The summed E-state index contributed by atoms with van der Waals surface area (Å²) >= 11 is 0. The van der Waals surface area contributed by atoms with Crippen molar-refractivity contribution in [3.05, 3.63) is 12.7 Å². The molecule has 0 aromatic rings. The summed E-state index contributed by atoms with van der Waals surface area (Å²) in [6, 6.07) is 0. The molecule has 0 atom stereocenters. The number of hydrogen-bond donors (Lipinski definition) is 1. The summed E-state index contributed by atoms with van der Waals surface area (Å²) in [6.07, 6.45) is 1.87. The zero-order valence-corrected chi connectivity index (χ0v) is 11.0. The SMILES string of the molecule is C=CC(=O)N1CCN(CCC(=O)NC)CC1.Cl. The summed E-state index contributed by atoms with van der Waals surface area (Å²) in [5.41, 5.74) is 0. The Morgan fingerprint density at radius 1 is 1.29 bits per heavy atom. The predicted octanol–water partition coefficient (Wildman–Crippen LogP) is -0.126. The molecule has 0 unspecified atom stereocenters. The first-order chi connectivity index (χ1) is 7.67. The number of hydrogen-bond acceptors (Lipinski definition) is 3. The molecular formula is C11H20ClN3O2. The van der Waals surface area contributed by atoms with Gasteiger partial charge in [-0.2, -0.15) is 0 Å². The van der Waals surface area contributed by atoms with Gasteiger partial charge in [0.15, 0.2) is 0 Å². The molecule has 1 aliphatic heterocycles. The lowest BCUT2D eigenvalue weighted by Gasteiger charge is -2.34. The Labute approximate surface area is 108 Å². The molecule has 0 aromatic carbocycles. The van der Waals surface area contributed by atoms with Gasteiger partial charge in [0, 0.05) is 46.2 Å². The van der Waals surface area contributed by atoms with E-state index in [1.54, 1.807) is 11.9 Å². The van der Waals surface area contributed by atoms with Crippen LogP contribution in [0, 0.1) is 0 Å². The molecule has 0 saturated carbocycles. The van der Waals surface area contributed by atoms with Crippen molar-refractivity contribution in [3.63, 3.8) is 0 Å². The Hall–Kier alpha value is -1.07. The van der Waals surface area contributed by atoms with Gasteiger partial charge in [-0.3, -0.25) is 14.5 Å². The molecule has 0 aromatic heterocycles. The number of amides is 2. The van der Waals surface area contributed by atoms with E-state index < -0.39 is 0 Å². The topological polar surface area (TPSA) is 52.7 Å². The van der Waals surface area contributed by atoms with Crippen LogP contribution in [-0.2, 0) is 9.59 Å². The minimum atomic E-state index is -0.00838. The van der Waals surface area contributed by atoms with Crippen molar-refractivity contribution >= 4 is 24.2 Å². The van der Waals surface area contributed by atoms with E-state index in [1.807, 2.05) is 0 Å². The molecule has 1 fully saturated rings. The van der Waals surface area contributed by atoms with Gasteiger partial charge >= 0.3 is 0 Å². The van der Waals surface area contributed by atoms with Gasteiger partial charge in [0.2, 0.25) is 11.8 Å². The highest BCUT2D eigenvalue weighted by Crippen LogP contribution is 2.03. The van der Waals surface area contributed by atoms with Crippen LogP contribution < -0.4 is 5.32 Å². The summed E-state index contributed by atoms with van der Waals surface area (Å²) in [5, 5.41) is 2.60. The molecule has 1 aliphatic rings. The molecule has 0 aliphatic carbocycles. The number of rotatable bonds is 4. The van der Waals surface area contributed by atoms with Crippen LogP contribution in [0.2, 0.25) is 0 Å². The van der Waals surface area contributed by atoms with E-state index in [-0.39, 0.29) is 24.2 Å². The lowest BCUT2D eigenvalue weighted by atomic mass is 10.2. The Bertz CT molecular complexity index is 276. The minimum absolute atomic E-state index is 0. The van der Waals surface area contributed by atoms with Crippen molar-refractivity contribution in [1.82, 2.24) is 15.1 Å². The van der Waals surface area contributed by atoms with Crippen LogP contribution in [0.25, 0.3) is 0 Å². The predicted molar refractivity (Wildman–Crippen MR) is 69.1 cm³/mol. The fraction of sp³-hybridized carbons (Fsp3) is 0.636. The van der Waals surface area contributed by atoms with Crippen LogP contribution in [0.3, 0.4) is 0 Å². The second-order valence-electron chi connectivity index (χ2n) is 3.79. The van der Waals surface area contributed by atoms with Gasteiger partial charge < -0.3 is 10.2 Å². The Balaban J connectivity index is 0.00000256. The quantitative estimate of drug-likeness (QED) is 0.718. The molecule has 98 valence electrons. The molecular weight excluding hydrogens is 242 g/mol. The highest BCUT2D eigenvalue weighted by Gasteiger charge is 2.19. The minimum Gasteiger partial charge on any atom is -0.359 e. The molecule has 2 amide bonds. The first-order valence-electron chi connectivity index (χ1n) is 5.51. The van der Waals surface area contributed by atoms with Crippen molar-refractivity contribution in [3.8, 4) is 0 Å². The molecule has 5 nitrogen and oxygen atoms in total. The van der Waals surface area contributed by atoms with Gasteiger partial charge in [-0.15, -0.1) is 12.4 Å². The van der Waals surface area contributed by atoms with E-state index in [0.717, 1.165) is 32.7 Å². The molecule has 6 heteroatoms. The fourth-order valence-corrected chi connectivity index (χ4v) is 1.71. The lowest BCUT2D eigenvalue weighted by Crippen LogP contribution is -2.48. The van der Waals surface area contributed by atoms with Crippen LogP contribution in [0.5, 0.6) is 0 Å². The maximum atomic E-state index is 11.3. The van der Waals surface area contributed by atoms with Crippen LogP contribution >= 0.6 is 12.4 Å². The van der Waals surface area contributed by atoms with Gasteiger partial charge in [0.05, 0.1) is 0 Å². The first kappa shape index (κ1) is 15.9. The van der Waals surface area contributed by atoms with E-state index in [4.69, 9.17) is 0 Å².